The molecular weight excluding hydrogens is 425 g/mol. The van der Waals surface area contributed by atoms with Crippen molar-refractivity contribution in [1.29, 1.82) is 0 Å². The number of thiocarbonyl (C=S) groups is 1. The molecule has 0 spiro atoms. The minimum Gasteiger partial charge on any atom is -0.375 e. The summed E-state index contributed by atoms with van der Waals surface area (Å²) in [4.78, 5) is 3.43. The van der Waals surface area contributed by atoms with Crippen molar-refractivity contribution < 1.29 is 22.0 Å². The summed E-state index contributed by atoms with van der Waals surface area (Å²) in [5.41, 5.74) is 7.17. The van der Waals surface area contributed by atoms with Crippen LogP contribution < -0.4 is 21.0 Å². The predicted octanol–water partition coefficient (Wildman–Crippen LogP) is 3.48. The van der Waals surface area contributed by atoms with Crippen molar-refractivity contribution in [3.8, 4) is 0 Å². The molecule has 0 atom stereocenters. The number of hydrazone groups is 1. The molecule has 1 heterocycles. The van der Waals surface area contributed by atoms with Crippen LogP contribution in [0.2, 0.25) is 0 Å². The predicted molar refractivity (Wildman–Crippen MR) is 110 cm³/mol. The molecule has 0 aliphatic carbocycles. The first kappa shape index (κ1) is 21.8. The normalized spacial score (nSPS) is 15.0. The van der Waals surface area contributed by atoms with E-state index >= 15 is 0 Å². The molecule has 0 radical (unpaired) electrons. The summed E-state index contributed by atoms with van der Waals surface area (Å²) >= 11 is 4.56. The van der Waals surface area contributed by atoms with Gasteiger partial charge in [-0.25, -0.2) is 8.78 Å². The molecule has 1 aliphatic rings. The lowest BCUT2D eigenvalue weighted by atomic mass is 10.1. The monoisotopic (exact) mass is 443 g/mol. The molecule has 0 bridgehead atoms. The van der Waals surface area contributed by atoms with Crippen LogP contribution in [0.5, 0.6) is 0 Å². The van der Waals surface area contributed by atoms with Gasteiger partial charge in [0.1, 0.15) is 11.6 Å². The second-order valence-corrected chi connectivity index (χ2v) is 7.02. The van der Waals surface area contributed by atoms with Gasteiger partial charge in [0, 0.05) is 43.5 Å². The van der Waals surface area contributed by atoms with E-state index in [1.165, 1.54) is 6.07 Å². The van der Waals surface area contributed by atoms with Gasteiger partial charge in [0.15, 0.2) is 5.11 Å². The second kappa shape index (κ2) is 8.82. The van der Waals surface area contributed by atoms with Gasteiger partial charge < -0.3 is 15.5 Å². The smallest absolute Gasteiger partial charge is 0.375 e. The largest absolute Gasteiger partial charge is 0.416 e. The zero-order valence-corrected chi connectivity index (χ0v) is 16.4. The standard InChI is InChI=1S/C19H18F5N5S/c20-15-10-17(16(21)8-12(15)11-26-27-18(25)30)29-6-4-28(5-7-29)14-3-1-2-13(9-14)19(22,23)24/h1-3,8-11H,4-7H2,(H3,25,27,30)/b26-11+. The van der Waals surface area contributed by atoms with Crippen LogP contribution in [0.25, 0.3) is 0 Å². The van der Waals surface area contributed by atoms with E-state index in [2.05, 4.69) is 22.7 Å². The fourth-order valence-electron chi connectivity index (χ4n) is 3.14. The Morgan fingerprint density at radius 3 is 2.33 bits per heavy atom. The molecule has 5 nitrogen and oxygen atoms in total. The molecule has 160 valence electrons. The third-order valence-corrected chi connectivity index (χ3v) is 4.69. The fraction of sp³-hybridized carbons (Fsp3) is 0.263. The molecule has 3 rings (SSSR count). The summed E-state index contributed by atoms with van der Waals surface area (Å²) in [6.45, 7) is 1.37. The van der Waals surface area contributed by atoms with Crippen LogP contribution in [-0.4, -0.2) is 37.5 Å². The molecule has 1 saturated heterocycles. The third-order valence-electron chi connectivity index (χ3n) is 4.60. The van der Waals surface area contributed by atoms with E-state index in [0.717, 1.165) is 30.5 Å². The highest BCUT2D eigenvalue weighted by Crippen LogP contribution is 2.32. The molecule has 2 aromatic rings. The van der Waals surface area contributed by atoms with Gasteiger partial charge in [0.05, 0.1) is 17.5 Å². The fourth-order valence-corrected chi connectivity index (χ4v) is 3.20. The average molecular weight is 443 g/mol. The Hall–Kier alpha value is -2.95. The van der Waals surface area contributed by atoms with Gasteiger partial charge in [0.25, 0.3) is 0 Å². The minimum absolute atomic E-state index is 0.0793. The van der Waals surface area contributed by atoms with E-state index < -0.39 is 23.4 Å². The molecule has 0 unspecified atom stereocenters. The SMILES string of the molecule is NC(=S)N/N=C/c1cc(F)c(N2CCN(c3cccc(C(F)(F)F)c3)CC2)cc1F. The highest BCUT2D eigenvalue weighted by atomic mass is 32.1. The van der Waals surface area contributed by atoms with E-state index in [1.54, 1.807) is 15.9 Å². The Bertz CT molecular complexity index is 955. The number of benzene rings is 2. The van der Waals surface area contributed by atoms with Crippen molar-refractivity contribution in [2.45, 2.75) is 6.18 Å². The van der Waals surface area contributed by atoms with Gasteiger partial charge in [-0.05, 0) is 36.5 Å². The number of piperazine rings is 1. The third kappa shape index (κ3) is 5.15. The summed E-state index contributed by atoms with van der Waals surface area (Å²) in [7, 11) is 0. The Morgan fingerprint density at radius 2 is 1.70 bits per heavy atom. The molecule has 30 heavy (non-hydrogen) atoms. The first-order chi connectivity index (χ1) is 14.1. The number of hydrogen-bond acceptors (Lipinski definition) is 4. The van der Waals surface area contributed by atoms with Crippen molar-refractivity contribution in [1.82, 2.24) is 5.43 Å². The van der Waals surface area contributed by atoms with Crippen LogP contribution in [0.4, 0.5) is 33.3 Å². The lowest BCUT2D eigenvalue weighted by molar-refractivity contribution is -0.137. The van der Waals surface area contributed by atoms with E-state index in [1.807, 2.05) is 0 Å². The number of halogens is 5. The maximum absolute atomic E-state index is 14.5. The van der Waals surface area contributed by atoms with Crippen LogP contribution in [-0.2, 0) is 6.18 Å². The molecule has 0 saturated carbocycles. The second-order valence-electron chi connectivity index (χ2n) is 6.58. The molecule has 0 amide bonds. The summed E-state index contributed by atoms with van der Waals surface area (Å²) in [5.74, 6) is -1.32. The topological polar surface area (TPSA) is 56.9 Å². The number of hydrogen-bond donors (Lipinski definition) is 2. The molecule has 2 aromatic carbocycles. The van der Waals surface area contributed by atoms with E-state index in [9.17, 15) is 22.0 Å². The lowest BCUT2D eigenvalue weighted by Crippen LogP contribution is -2.47. The molecule has 0 aromatic heterocycles. The number of anilines is 2. The summed E-state index contributed by atoms with van der Waals surface area (Å²) in [5, 5.41) is 3.50. The molecule has 1 aliphatic heterocycles. The number of alkyl halides is 3. The Morgan fingerprint density at radius 1 is 1.03 bits per heavy atom. The maximum Gasteiger partial charge on any atom is 0.416 e. The van der Waals surface area contributed by atoms with Gasteiger partial charge in [-0.15, -0.1) is 0 Å². The zero-order chi connectivity index (χ0) is 21.9. The van der Waals surface area contributed by atoms with Crippen LogP contribution in [0, 0.1) is 11.6 Å². The first-order valence-corrected chi connectivity index (χ1v) is 9.30. The van der Waals surface area contributed by atoms with Crippen molar-refractivity contribution in [2.75, 3.05) is 36.0 Å². The van der Waals surface area contributed by atoms with Gasteiger partial charge in [0.2, 0.25) is 0 Å². The molecule has 3 N–H and O–H groups in total. The Labute approximate surface area is 174 Å². The number of rotatable bonds is 4. The van der Waals surface area contributed by atoms with Crippen molar-refractivity contribution >= 4 is 34.9 Å². The highest BCUT2D eigenvalue weighted by Gasteiger charge is 2.31. The molecule has 11 heteroatoms. The van der Waals surface area contributed by atoms with E-state index in [4.69, 9.17) is 5.73 Å². The summed E-state index contributed by atoms with van der Waals surface area (Å²) in [6.07, 6.45) is -3.36. The van der Waals surface area contributed by atoms with Gasteiger partial charge in [-0.2, -0.15) is 18.3 Å². The van der Waals surface area contributed by atoms with E-state index in [0.29, 0.717) is 31.9 Å². The number of nitrogens with one attached hydrogen (secondary N) is 1. The van der Waals surface area contributed by atoms with Crippen molar-refractivity contribution in [3.05, 3.63) is 59.2 Å². The molecular formula is C19H18F5N5S. The minimum atomic E-state index is -4.42. The number of nitrogens with two attached hydrogens (primary N) is 1. The molecule has 1 fully saturated rings. The Kier molecular flexibility index (Phi) is 6.40. The first-order valence-electron chi connectivity index (χ1n) is 8.90. The highest BCUT2D eigenvalue weighted by molar-refractivity contribution is 7.80. The maximum atomic E-state index is 14.5. The Balaban J connectivity index is 1.70. The van der Waals surface area contributed by atoms with Gasteiger partial charge in [-0.1, -0.05) is 6.07 Å². The summed E-state index contributed by atoms with van der Waals surface area (Å²) < 4.78 is 67.6. The average Bonchev–Trinajstić information content (AvgIpc) is 2.70. The van der Waals surface area contributed by atoms with Crippen LogP contribution in [0.15, 0.2) is 41.5 Å². The summed E-state index contributed by atoms with van der Waals surface area (Å²) in [6, 6.07) is 7.13. The van der Waals surface area contributed by atoms with Gasteiger partial charge in [-0.3, -0.25) is 5.43 Å². The van der Waals surface area contributed by atoms with Crippen LogP contribution >= 0.6 is 12.2 Å². The lowest BCUT2D eigenvalue weighted by Gasteiger charge is -2.37. The van der Waals surface area contributed by atoms with Crippen molar-refractivity contribution in [3.63, 3.8) is 0 Å². The zero-order valence-electron chi connectivity index (χ0n) is 15.6. The van der Waals surface area contributed by atoms with Crippen LogP contribution in [0.1, 0.15) is 11.1 Å². The van der Waals surface area contributed by atoms with Gasteiger partial charge >= 0.3 is 6.18 Å². The number of nitrogens with zero attached hydrogens (tertiary/aromatic N) is 3. The van der Waals surface area contributed by atoms with Crippen LogP contribution in [0.3, 0.4) is 0 Å². The van der Waals surface area contributed by atoms with Crippen molar-refractivity contribution in [2.24, 2.45) is 10.8 Å². The van der Waals surface area contributed by atoms with E-state index in [-0.39, 0.29) is 16.4 Å². The quantitative estimate of drug-likeness (QED) is 0.328.